The summed E-state index contributed by atoms with van der Waals surface area (Å²) in [5.74, 6) is 0.412. The van der Waals surface area contributed by atoms with Crippen LogP contribution in [0.5, 0.6) is 0 Å². The van der Waals surface area contributed by atoms with Crippen molar-refractivity contribution in [2.45, 2.75) is 12.8 Å². The standard InChI is InChI=1S/C8H12N2O/c1-10(2)8(11)7-3-6(4-7)5-9/h6-7H,3-4H2,1-2H3/t6-,7-. The van der Waals surface area contributed by atoms with Gasteiger partial charge in [0.2, 0.25) is 5.91 Å². The first-order valence-electron chi connectivity index (χ1n) is 3.76. The maximum absolute atomic E-state index is 11.2. The van der Waals surface area contributed by atoms with Gasteiger partial charge in [0.1, 0.15) is 0 Å². The molecule has 0 unspecified atom stereocenters. The number of carbonyl (C=O) groups excluding carboxylic acids is 1. The monoisotopic (exact) mass is 152 g/mol. The first-order valence-corrected chi connectivity index (χ1v) is 3.76. The van der Waals surface area contributed by atoms with Crippen molar-refractivity contribution >= 4 is 5.91 Å². The van der Waals surface area contributed by atoms with Crippen LogP contribution in [0.1, 0.15) is 12.8 Å². The summed E-state index contributed by atoms with van der Waals surface area (Å²) in [6, 6.07) is 2.15. The van der Waals surface area contributed by atoms with Crippen molar-refractivity contribution in [3.63, 3.8) is 0 Å². The van der Waals surface area contributed by atoms with E-state index in [0.29, 0.717) is 0 Å². The van der Waals surface area contributed by atoms with Crippen LogP contribution in [-0.4, -0.2) is 24.9 Å². The van der Waals surface area contributed by atoms with E-state index >= 15 is 0 Å². The summed E-state index contributed by atoms with van der Waals surface area (Å²) in [5.41, 5.74) is 0. The molecule has 3 heteroatoms. The fraction of sp³-hybridized carbons (Fsp3) is 0.750. The Kier molecular flexibility index (Phi) is 2.13. The van der Waals surface area contributed by atoms with Crippen LogP contribution in [0.25, 0.3) is 0 Å². The van der Waals surface area contributed by atoms with Gasteiger partial charge in [-0.05, 0) is 12.8 Å². The lowest BCUT2D eigenvalue weighted by atomic mass is 9.75. The Morgan fingerprint density at radius 3 is 2.45 bits per heavy atom. The summed E-state index contributed by atoms with van der Waals surface area (Å²) in [4.78, 5) is 12.8. The van der Waals surface area contributed by atoms with Crippen molar-refractivity contribution in [2.75, 3.05) is 14.1 Å². The van der Waals surface area contributed by atoms with Gasteiger partial charge in [-0.25, -0.2) is 0 Å². The van der Waals surface area contributed by atoms with E-state index in [9.17, 15) is 4.79 Å². The van der Waals surface area contributed by atoms with E-state index in [1.54, 1.807) is 19.0 Å². The van der Waals surface area contributed by atoms with Crippen molar-refractivity contribution in [3.05, 3.63) is 0 Å². The normalized spacial score (nSPS) is 28.5. The first kappa shape index (κ1) is 8.06. The number of hydrogen-bond donors (Lipinski definition) is 0. The highest BCUT2D eigenvalue weighted by Crippen LogP contribution is 2.33. The molecular weight excluding hydrogens is 140 g/mol. The molecule has 0 heterocycles. The topological polar surface area (TPSA) is 44.1 Å². The van der Waals surface area contributed by atoms with Gasteiger partial charge in [-0.15, -0.1) is 0 Å². The Bertz CT molecular complexity index is 199. The fourth-order valence-electron chi connectivity index (χ4n) is 1.29. The number of nitrogens with zero attached hydrogens (tertiary/aromatic N) is 2. The van der Waals surface area contributed by atoms with Gasteiger partial charge in [0.05, 0.1) is 6.07 Å². The van der Waals surface area contributed by atoms with E-state index in [1.807, 2.05) is 0 Å². The van der Waals surface area contributed by atoms with Gasteiger partial charge in [-0.2, -0.15) is 5.26 Å². The zero-order valence-corrected chi connectivity index (χ0v) is 6.87. The summed E-state index contributed by atoms with van der Waals surface area (Å²) >= 11 is 0. The van der Waals surface area contributed by atoms with Gasteiger partial charge in [-0.3, -0.25) is 4.79 Å². The van der Waals surface area contributed by atoms with Gasteiger partial charge < -0.3 is 4.90 Å². The Balaban J connectivity index is 2.34. The summed E-state index contributed by atoms with van der Waals surface area (Å²) < 4.78 is 0. The lowest BCUT2D eigenvalue weighted by molar-refractivity contribution is -0.136. The third kappa shape index (κ3) is 1.51. The third-order valence-electron chi connectivity index (χ3n) is 2.11. The Hall–Kier alpha value is -1.04. The average molecular weight is 152 g/mol. The zero-order valence-electron chi connectivity index (χ0n) is 6.87. The van der Waals surface area contributed by atoms with Gasteiger partial charge >= 0.3 is 0 Å². The van der Waals surface area contributed by atoms with E-state index < -0.39 is 0 Å². The van der Waals surface area contributed by atoms with Crippen LogP contribution in [0.3, 0.4) is 0 Å². The van der Waals surface area contributed by atoms with Crippen LogP contribution in [-0.2, 0) is 4.79 Å². The van der Waals surface area contributed by atoms with Gasteiger partial charge in [0, 0.05) is 25.9 Å². The molecule has 0 N–H and O–H groups in total. The van der Waals surface area contributed by atoms with Crippen molar-refractivity contribution in [3.8, 4) is 6.07 Å². The van der Waals surface area contributed by atoms with E-state index in [1.165, 1.54) is 0 Å². The number of hydrogen-bond acceptors (Lipinski definition) is 2. The molecule has 0 aromatic carbocycles. The SMILES string of the molecule is CN(C)C(=O)[C@H]1C[C@H](C#N)C1. The van der Waals surface area contributed by atoms with Gasteiger partial charge in [-0.1, -0.05) is 0 Å². The molecule has 1 aliphatic carbocycles. The lowest BCUT2D eigenvalue weighted by Crippen LogP contribution is -2.37. The molecule has 3 nitrogen and oxygen atoms in total. The van der Waals surface area contributed by atoms with Crippen molar-refractivity contribution in [1.82, 2.24) is 4.90 Å². The molecule has 1 rings (SSSR count). The average Bonchev–Trinajstić information content (AvgIpc) is 1.85. The highest BCUT2D eigenvalue weighted by Gasteiger charge is 2.34. The first-order chi connectivity index (χ1) is 5.15. The molecule has 0 aromatic heterocycles. The molecule has 1 aliphatic rings. The molecule has 1 fully saturated rings. The van der Waals surface area contributed by atoms with Crippen LogP contribution >= 0.6 is 0 Å². The maximum atomic E-state index is 11.2. The van der Waals surface area contributed by atoms with Crippen LogP contribution in [0.2, 0.25) is 0 Å². The number of carbonyl (C=O) groups is 1. The number of rotatable bonds is 1. The number of amides is 1. The predicted octanol–water partition coefficient (Wildman–Crippen LogP) is 0.624. The highest BCUT2D eigenvalue weighted by molar-refractivity contribution is 5.79. The molecule has 1 amide bonds. The molecule has 0 spiro atoms. The minimum Gasteiger partial charge on any atom is -0.349 e. The molecule has 60 valence electrons. The van der Waals surface area contributed by atoms with Crippen LogP contribution in [0.4, 0.5) is 0 Å². The molecular formula is C8H12N2O. The lowest BCUT2D eigenvalue weighted by Gasteiger charge is -2.31. The number of nitriles is 1. The molecule has 1 saturated carbocycles. The fourth-order valence-corrected chi connectivity index (χ4v) is 1.29. The summed E-state index contributed by atoms with van der Waals surface area (Å²) in [6.45, 7) is 0. The Morgan fingerprint density at radius 1 is 1.55 bits per heavy atom. The second-order valence-corrected chi connectivity index (χ2v) is 3.23. The molecule has 0 radical (unpaired) electrons. The Labute approximate surface area is 66.6 Å². The van der Waals surface area contributed by atoms with E-state index in [0.717, 1.165) is 12.8 Å². The van der Waals surface area contributed by atoms with E-state index in [2.05, 4.69) is 6.07 Å². The summed E-state index contributed by atoms with van der Waals surface area (Å²) in [7, 11) is 3.50. The second kappa shape index (κ2) is 2.91. The van der Waals surface area contributed by atoms with Gasteiger partial charge in [0.25, 0.3) is 0 Å². The van der Waals surface area contributed by atoms with Crippen molar-refractivity contribution in [1.29, 1.82) is 5.26 Å². The summed E-state index contributed by atoms with van der Waals surface area (Å²) in [6.07, 6.45) is 1.51. The Morgan fingerprint density at radius 2 is 2.09 bits per heavy atom. The quantitative estimate of drug-likeness (QED) is 0.553. The molecule has 0 bridgehead atoms. The van der Waals surface area contributed by atoms with Crippen LogP contribution in [0.15, 0.2) is 0 Å². The predicted molar refractivity (Wildman–Crippen MR) is 40.5 cm³/mol. The largest absolute Gasteiger partial charge is 0.349 e. The second-order valence-electron chi connectivity index (χ2n) is 3.23. The maximum Gasteiger partial charge on any atom is 0.225 e. The molecule has 0 aromatic rings. The molecule has 11 heavy (non-hydrogen) atoms. The van der Waals surface area contributed by atoms with E-state index in [4.69, 9.17) is 5.26 Å². The highest BCUT2D eigenvalue weighted by atomic mass is 16.2. The smallest absolute Gasteiger partial charge is 0.225 e. The van der Waals surface area contributed by atoms with Crippen LogP contribution < -0.4 is 0 Å². The summed E-state index contributed by atoms with van der Waals surface area (Å²) in [5, 5.41) is 8.45. The molecule has 0 atom stereocenters. The minimum absolute atomic E-state index is 0.120. The van der Waals surface area contributed by atoms with Crippen molar-refractivity contribution in [2.24, 2.45) is 11.8 Å². The van der Waals surface area contributed by atoms with Crippen molar-refractivity contribution < 1.29 is 4.79 Å². The molecule has 0 saturated heterocycles. The van der Waals surface area contributed by atoms with E-state index in [-0.39, 0.29) is 17.7 Å². The zero-order chi connectivity index (χ0) is 8.43. The minimum atomic E-state index is 0.120. The van der Waals surface area contributed by atoms with Crippen LogP contribution in [0, 0.1) is 23.2 Å². The molecule has 0 aliphatic heterocycles. The van der Waals surface area contributed by atoms with Gasteiger partial charge in [0.15, 0.2) is 0 Å². The third-order valence-corrected chi connectivity index (χ3v) is 2.11.